The molecule has 104 valence electrons. The average Bonchev–Trinajstić information content (AvgIpc) is 2.90. The Hall–Kier alpha value is -1.42. The molecule has 0 atom stereocenters. The molecule has 0 bridgehead atoms. The number of ether oxygens (including phenoxy) is 1. The number of methoxy groups -OCH3 is 1. The lowest BCUT2D eigenvalue weighted by atomic mass is 9.78. The fourth-order valence-electron chi connectivity index (χ4n) is 2.83. The summed E-state index contributed by atoms with van der Waals surface area (Å²) in [4.78, 5) is 12.5. The summed E-state index contributed by atoms with van der Waals surface area (Å²) >= 11 is 0. The van der Waals surface area contributed by atoms with Crippen molar-refractivity contribution in [2.45, 2.75) is 31.1 Å². The Morgan fingerprint density at radius 1 is 1.32 bits per heavy atom. The maximum atomic E-state index is 13.0. The number of hydrogen-bond acceptors (Lipinski definition) is 2. The van der Waals surface area contributed by atoms with Gasteiger partial charge in [-0.15, -0.1) is 0 Å². The Balaban J connectivity index is 2.17. The smallest absolute Gasteiger partial charge is 0.230 e. The van der Waals surface area contributed by atoms with E-state index in [1.54, 1.807) is 19.2 Å². The van der Waals surface area contributed by atoms with Gasteiger partial charge in [-0.2, -0.15) is 0 Å². The summed E-state index contributed by atoms with van der Waals surface area (Å²) in [5.41, 5.74) is 0.433. The van der Waals surface area contributed by atoms with E-state index in [2.05, 4.69) is 5.32 Å². The van der Waals surface area contributed by atoms with E-state index >= 15 is 0 Å². The van der Waals surface area contributed by atoms with Gasteiger partial charge in [-0.1, -0.05) is 25.0 Å². The number of benzene rings is 1. The van der Waals surface area contributed by atoms with Crippen LogP contribution in [-0.2, 0) is 14.9 Å². The van der Waals surface area contributed by atoms with Gasteiger partial charge >= 0.3 is 0 Å². The molecular formula is C15H20FNO2. The quantitative estimate of drug-likeness (QED) is 0.830. The molecule has 0 spiro atoms. The van der Waals surface area contributed by atoms with Crippen LogP contribution >= 0.6 is 0 Å². The molecule has 0 unspecified atom stereocenters. The molecule has 0 radical (unpaired) electrons. The predicted molar refractivity (Wildman–Crippen MR) is 71.4 cm³/mol. The Kier molecular flexibility index (Phi) is 4.53. The molecule has 1 aromatic rings. The Morgan fingerprint density at radius 2 is 1.95 bits per heavy atom. The van der Waals surface area contributed by atoms with Gasteiger partial charge < -0.3 is 10.1 Å². The van der Waals surface area contributed by atoms with Crippen molar-refractivity contribution >= 4 is 5.91 Å². The second-order valence-corrected chi connectivity index (χ2v) is 5.04. The van der Waals surface area contributed by atoms with Gasteiger partial charge in [0, 0.05) is 13.7 Å². The Morgan fingerprint density at radius 3 is 2.53 bits per heavy atom. The minimum absolute atomic E-state index is 0.0358. The summed E-state index contributed by atoms with van der Waals surface area (Å²) in [5, 5.41) is 2.92. The summed E-state index contributed by atoms with van der Waals surface area (Å²) in [6, 6.07) is 6.32. The molecule has 1 saturated carbocycles. The summed E-state index contributed by atoms with van der Waals surface area (Å²) in [6.07, 6.45) is 3.74. The lowest BCUT2D eigenvalue weighted by Gasteiger charge is -2.28. The van der Waals surface area contributed by atoms with Crippen molar-refractivity contribution in [2.24, 2.45) is 0 Å². The number of carbonyl (C=O) groups excluding carboxylic acids is 1. The zero-order valence-electron chi connectivity index (χ0n) is 11.2. The molecule has 0 saturated heterocycles. The van der Waals surface area contributed by atoms with Gasteiger partial charge in [0.15, 0.2) is 0 Å². The molecule has 3 nitrogen and oxygen atoms in total. The van der Waals surface area contributed by atoms with Crippen LogP contribution in [0.5, 0.6) is 0 Å². The maximum Gasteiger partial charge on any atom is 0.230 e. The van der Waals surface area contributed by atoms with Crippen molar-refractivity contribution in [1.82, 2.24) is 5.32 Å². The van der Waals surface area contributed by atoms with E-state index in [-0.39, 0.29) is 11.7 Å². The van der Waals surface area contributed by atoms with Gasteiger partial charge in [0.2, 0.25) is 5.91 Å². The van der Waals surface area contributed by atoms with Crippen molar-refractivity contribution < 1.29 is 13.9 Å². The molecule has 0 aliphatic heterocycles. The number of hydrogen-bond donors (Lipinski definition) is 1. The monoisotopic (exact) mass is 265 g/mol. The lowest BCUT2D eigenvalue weighted by Crippen LogP contribution is -2.43. The first kappa shape index (κ1) is 14.0. The summed E-state index contributed by atoms with van der Waals surface area (Å²) in [7, 11) is 1.61. The first-order valence-corrected chi connectivity index (χ1v) is 6.72. The van der Waals surface area contributed by atoms with Crippen LogP contribution < -0.4 is 5.32 Å². The highest BCUT2D eigenvalue weighted by Crippen LogP contribution is 2.41. The summed E-state index contributed by atoms with van der Waals surface area (Å²) in [6.45, 7) is 1.02. The van der Waals surface area contributed by atoms with Crippen molar-refractivity contribution in [2.75, 3.05) is 20.3 Å². The van der Waals surface area contributed by atoms with E-state index in [0.29, 0.717) is 13.2 Å². The van der Waals surface area contributed by atoms with Gasteiger partial charge in [0.25, 0.3) is 0 Å². The molecule has 0 heterocycles. The zero-order chi connectivity index (χ0) is 13.7. The van der Waals surface area contributed by atoms with Crippen molar-refractivity contribution in [3.63, 3.8) is 0 Å². The first-order valence-electron chi connectivity index (χ1n) is 6.72. The van der Waals surface area contributed by atoms with Crippen LogP contribution in [0.3, 0.4) is 0 Å². The highest BCUT2D eigenvalue weighted by Gasteiger charge is 2.42. The van der Waals surface area contributed by atoms with Crippen molar-refractivity contribution in [1.29, 1.82) is 0 Å². The molecule has 4 heteroatoms. The van der Waals surface area contributed by atoms with E-state index in [1.807, 2.05) is 0 Å². The molecule has 1 aliphatic rings. The van der Waals surface area contributed by atoms with Gasteiger partial charge in [-0.05, 0) is 30.5 Å². The molecule has 0 aromatic heterocycles. The highest BCUT2D eigenvalue weighted by atomic mass is 19.1. The van der Waals surface area contributed by atoms with Crippen LogP contribution in [0.1, 0.15) is 31.2 Å². The zero-order valence-corrected chi connectivity index (χ0v) is 11.2. The third-order valence-corrected chi connectivity index (χ3v) is 3.88. The van der Waals surface area contributed by atoms with Crippen LogP contribution in [0.25, 0.3) is 0 Å². The van der Waals surface area contributed by atoms with E-state index in [9.17, 15) is 9.18 Å². The van der Waals surface area contributed by atoms with Gasteiger partial charge in [0.05, 0.1) is 12.0 Å². The van der Waals surface area contributed by atoms with Crippen LogP contribution in [-0.4, -0.2) is 26.2 Å². The van der Waals surface area contributed by atoms with Crippen LogP contribution in [0.4, 0.5) is 4.39 Å². The number of carbonyl (C=O) groups is 1. The highest BCUT2D eigenvalue weighted by molar-refractivity contribution is 5.88. The topological polar surface area (TPSA) is 38.3 Å². The fourth-order valence-corrected chi connectivity index (χ4v) is 2.83. The first-order chi connectivity index (χ1) is 9.19. The SMILES string of the molecule is COCCNC(=O)C1(c2ccc(F)cc2)CCCC1. The summed E-state index contributed by atoms with van der Waals surface area (Å²) in [5.74, 6) is -0.231. The Labute approximate surface area is 113 Å². The molecule has 2 rings (SSSR count). The number of amides is 1. The second kappa shape index (κ2) is 6.15. The van der Waals surface area contributed by atoms with Crippen molar-refractivity contribution in [3.05, 3.63) is 35.6 Å². The molecule has 19 heavy (non-hydrogen) atoms. The van der Waals surface area contributed by atoms with Crippen LogP contribution in [0.2, 0.25) is 0 Å². The van der Waals surface area contributed by atoms with Crippen LogP contribution in [0.15, 0.2) is 24.3 Å². The molecule has 1 amide bonds. The normalized spacial score (nSPS) is 17.4. The van der Waals surface area contributed by atoms with Gasteiger partial charge in [-0.25, -0.2) is 4.39 Å². The van der Waals surface area contributed by atoms with Crippen molar-refractivity contribution in [3.8, 4) is 0 Å². The summed E-state index contributed by atoms with van der Waals surface area (Å²) < 4.78 is 18.0. The average molecular weight is 265 g/mol. The number of rotatable bonds is 5. The minimum Gasteiger partial charge on any atom is -0.383 e. The van der Waals surface area contributed by atoms with E-state index < -0.39 is 5.41 Å². The van der Waals surface area contributed by atoms with E-state index in [4.69, 9.17) is 4.74 Å². The minimum atomic E-state index is -0.485. The van der Waals surface area contributed by atoms with E-state index in [0.717, 1.165) is 31.2 Å². The van der Waals surface area contributed by atoms with Crippen LogP contribution in [0, 0.1) is 5.82 Å². The maximum absolute atomic E-state index is 13.0. The molecule has 1 aromatic carbocycles. The van der Waals surface area contributed by atoms with Gasteiger partial charge in [0.1, 0.15) is 5.82 Å². The largest absolute Gasteiger partial charge is 0.383 e. The predicted octanol–water partition coefficient (Wildman–Crippen LogP) is 2.40. The Bertz CT molecular complexity index is 424. The third-order valence-electron chi connectivity index (χ3n) is 3.88. The van der Waals surface area contributed by atoms with E-state index in [1.165, 1.54) is 12.1 Å². The molecule has 1 aliphatic carbocycles. The lowest BCUT2D eigenvalue weighted by molar-refractivity contribution is -0.126. The number of halogens is 1. The number of nitrogens with one attached hydrogen (secondary N) is 1. The molecule has 1 fully saturated rings. The molecule has 1 N–H and O–H groups in total. The second-order valence-electron chi connectivity index (χ2n) is 5.04. The van der Waals surface area contributed by atoms with Gasteiger partial charge in [-0.3, -0.25) is 4.79 Å². The standard InChI is InChI=1S/C15H20FNO2/c1-19-11-10-17-14(18)15(8-2-3-9-15)12-4-6-13(16)7-5-12/h4-7H,2-3,8-11H2,1H3,(H,17,18). The fraction of sp³-hybridized carbons (Fsp3) is 0.533. The molecular weight excluding hydrogens is 245 g/mol. The third kappa shape index (κ3) is 2.95.